The van der Waals surface area contributed by atoms with Gasteiger partial charge in [-0.1, -0.05) is 13.0 Å². The first kappa shape index (κ1) is 15.4. The van der Waals surface area contributed by atoms with Gasteiger partial charge in [-0.15, -0.1) is 0 Å². The van der Waals surface area contributed by atoms with Gasteiger partial charge in [0.05, 0.1) is 18.3 Å². The summed E-state index contributed by atoms with van der Waals surface area (Å²) < 4.78 is 5.85. The molecule has 3 N–H and O–H groups in total. The minimum atomic E-state index is -0.660. The Morgan fingerprint density at radius 3 is 2.78 bits per heavy atom. The van der Waals surface area contributed by atoms with Crippen LogP contribution in [0.2, 0.25) is 0 Å². The summed E-state index contributed by atoms with van der Waals surface area (Å²) in [4.78, 5) is 0. The topological polar surface area (TPSA) is 69.9 Å². The van der Waals surface area contributed by atoms with Gasteiger partial charge in [0.1, 0.15) is 5.75 Å². The molecule has 4 rings (SSSR count). The van der Waals surface area contributed by atoms with Crippen molar-refractivity contribution in [2.75, 3.05) is 7.11 Å². The summed E-state index contributed by atoms with van der Waals surface area (Å²) in [5.41, 5.74) is 2.23. The third kappa shape index (κ3) is 2.08. The van der Waals surface area contributed by atoms with Crippen LogP contribution in [0.1, 0.15) is 43.2 Å². The van der Waals surface area contributed by atoms with Crippen molar-refractivity contribution in [2.24, 2.45) is 17.3 Å². The Balaban J connectivity index is 1.78. The standard InChI is InChI=1S/C19H26O4/c1-19-9-16(23-2)17-12-6-4-11(20)7-10(12)3-5-13(17)14(19)8-15(21)18(19)22/h4,6-7,13-18,20-22H,3,5,8-9H2,1-2H3/t13-,14-,15+,16+,17+,18-,19-/m0/s1. The number of methoxy groups -OCH3 is 1. The zero-order valence-electron chi connectivity index (χ0n) is 13.8. The number of fused-ring (bicyclic) bond motifs is 5. The van der Waals surface area contributed by atoms with Crippen LogP contribution >= 0.6 is 0 Å². The van der Waals surface area contributed by atoms with E-state index in [1.165, 1.54) is 11.1 Å². The maximum absolute atomic E-state index is 10.5. The number of phenolic OH excluding ortho intramolecular Hbond substituents is 1. The van der Waals surface area contributed by atoms with Crippen LogP contribution in [0.25, 0.3) is 0 Å². The van der Waals surface area contributed by atoms with Crippen LogP contribution in [-0.2, 0) is 11.2 Å². The summed E-state index contributed by atoms with van der Waals surface area (Å²) in [6.07, 6.45) is 2.19. The van der Waals surface area contributed by atoms with Crippen LogP contribution < -0.4 is 0 Å². The molecule has 0 aromatic heterocycles. The van der Waals surface area contributed by atoms with Crippen LogP contribution in [0.5, 0.6) is 5.75 Å². The molecule has 0 unspecified atom stereocenters. The van der Waals surface area contributed by atoms with Crippen molar-refractivity contribution in [1.82, 2.24) is 0 Å². The third-order valence-corrected chi connectivity index (χ3v) is 6.94. The Bertz CT molecular complexity index is 615. The number of ether oxygens (including phenoxy) is 1. The minimum Gasteiger partial charge on any atom is -0.508 e. The lowest BCUT2D eigenvalue weighted by molar-refractivity contribution is -0.102. The van der Waals surface area contributed by atoms with Gasteiger partial charge in [-0.25, -0.2) is 0 Å². The van der Waals surface area contributed by atoms with Crippen LogP contribution in [0.15, 0.2) is 18.2 Å². The molecule has 0 heterocycles. The monoisotopic (exact) mass is 318 g/mol. The number of hydrogen-bond acceptors (Lipinski definition) is 4. The van der Waals surface area contributed by atoms with Crippen LogP contribution in [0.3, 0.4) is 0 Å². The van der Waals surface area contributed by atoms with Gasteiger partial charge in [-0.05, 0) is 60.8 Å². The van der Waals surface area contributed by atoms with Gasteiger partial charge in [-0.2, -0.15) is 0 Å². The van der Waals surface area contributed by atoms with E-state index in [1.54, 1.807) is 13.2 Å². The summed E-state index contributed by atoms with van der Waals surface area (Å²) in [6, 6.07) is 5.68. The van der Waals surface area contributed by atoms with E-state index in [4.69, 9.17) is 4.74 Å². The van der Waals surface area contributed by atoms with Gasteiger partial charge in [0.2, 0.25) is 0 Å². The summed E-state index contributed by atoms with van der Waals surface area (Å²) in [5.74, 6) is 1.36. The molecule has 1 aromatic carbocycles. The predicted octanol–water partition coefficient (Wildman–Crippen LogP) is 2.20. The average Bonchev–Trinajstić information content (AvgIpc) is 2.77. The maximum Gasteiger partial charge on any atom is 0.115 e. The van der Waals surface area contributed by atoms with Crippen molar-refractivity contribution in [3.8, 4) is 5.75 Å². The number of aryl methyl sites for hydroxylation is 1. The second kappa shape index (κ2) is 5.20. The van der Waals surface area contributed by atoms with Gasteiger partial charge in [0.15, 0.2) is 0 Å². The summed E-state index contributed by atoms with van der Waals surface area (Å²) in [6.45, 7) is 2.12. The molecular weight excluding hydrogens is 292 g/mol. The smallest absolute Gasteiger partial charge is 0.115 e. The first-order valence-electron chi connectivity index (χ1n) is 8.66. The molecule has 0 radical (unpaired) electrons. The van der Waals surface area contributed by atoms with E-state index in [1.807, 2.05) is 12.1 Å². The lowest BCUT2D eigenvalue weighted by Crippen LogP contribution is -2.51. The number of hydrogen-bond donors (Lipinski definition) is 3. The fourth-order valence-electron chi connectivity index (χ4n) is 5.84. The molecule has 3 aliphatic carbocycles. The van der Waals surface area contributed by atoms with Crippen molar-refractivity contribution >= 4 is 0 Å². The van der Waals surface area contributed by atoms with Crippen molar-refractivity contribution in [3.63, 3.8) is 0 Å². The number of benzene rings is 1. The maximum atomic E-state index is 10.5. The van der Waals surface area contributed by atoms with Crippen molar-refractivity contribution in [1.29, 1.82) is 0 Å². The van der Waals surface area contributed by atoms with E-state index in [-0.39, 0.29) is 11.5 Å². The number of aromatic hydroxyl groups is 1. The van der Waals surface area contributed by atoms with Crippen LogP contribution in [-0.4, -0.2) is 40.7 Å². The molecule has 0 amide bonds. The first-order valence-corrected chi connectivity index (χ1v) is 8.66. The van der Waals surface area contributed by atoms with E-state index in [9.17, 15) is 15.3 Å². The van der Waals surface area contributed by atoms with Gasteiger partial charge < -0.3 is 20.1 Å². The number of phenols is 1. The van der Waals surface area contributed by atoms with Crippen LogP contribution in [0, 0.1) is 17.3 Å². The lowest BCUT2D eigenvalue weighted by Gasteiger charge is -2.53. The minimum absolute atomic E-state index is 0.0461. The van der Waals surface area contributed by atoms with E-state index < -0.39 is 12.2 Å². The molecule has 2 saturated carbocycles. The highest BCUT2D eigenvalue weighted by molar-refractivity contribution is 5.41. The first-order chi connectivity index (χ1) is 11.0. The Morgan fingerprint density at radius 1 is 1.26 bits per heavy atom. The molecule has 7 atom stereocenters. The highest BCUT2D eigenvalue weighted by Gasteiger charge is 2.60. The molecule has 4 heteroatoms. The van der Waals surface area contributed by atoms with Gasteiger partial charge in [-0.3, -0.25) is 0 Å². The van der Waals surface area contributed by atoms with E-state index in [2.05, 4.69) is 6.92 Å². The fourth-order valence-corrected chi connectivity index (χ4v) is 5.84. The zero-order valence-corrected chi connectivity index (χ0v) is 13.8. The summed E-state index contributed by atoms with van der Waals surface area (Å²) in [7, 11) is 1.75. The summed E-state index contributed by atoms with van der Waals surface area (Å²) >= 11 is 0. The number of rotatable bonds is 1. The SMILES string of the molecule is CO[C@@H]1C[C@]2(C)[C@@H](O)[C@H](O)C[C@H]2[C@@H]2CCc3cc(O)ccc3[C@H]21. The van der Waals surface area contributed by atoms with Gasteiger partial charge in [0, 0.05) is 18.4 Å². The molecule has 4 nitrogen and oxygen atoms in total. The Kier molecular flexibility index (Phi) is 3.49. The molecule has 0 bridgehead atoms. The fraction of sp³-hybridized carbons (Fsp3) is 0.684. The van der Waals surface area contributed by atoms with E-state index in [0.717, 1.165) is 19.3 Å². The van der Waals surface area contributed by atoms with Crippen molar-refractivity contribution in [3.05, 3.63) is 29.3 Å². The zero-order chi connectivity index (χ0) is 16.4. The third-order valence-electron chi connectivity index (χ3n) is 6.94. The molecule has 0 aliphatic heterocycles. The molecule has 1 aromatic rings. The Morgan fingerprint density at radius 2 is 2.04 bits per heavy atom. The van der Waals surface area contributed by atoms with E-state index in [0.29, 0.717) is 29.9 Å². The Labute approximate surface area is 137 Å². The predicted molar refractivity (Wildman–Crippen MR) is 86.3 cm³/mol. The van der Waals surface area contributed by atoms with E-state index >= 15 is 0 Å². The average molecular weight is 318 g/mol. The highest BCUT2D eigenvalue weighted by Crippen LogP contribution is 2.61. The van der Waals surface area contributed by atoms with Crippen molar-refractivity contribution < 1.29 is 20.1 Å². The largest absolute Gasteiger partial charge is 0.508 e. The Hall–Kier alpha value is -1.10. The quantitative estimate of drug-likeness (QED) is 0.742. The number of aliphatic hydroxyl groups excluding tert-OH is 2. The molecule has 2 fully saturated rings. The molecule has 3 aliphatic rings. The lowest BCUT2D eigenvalue weighted by atomic mass is 9.54. The molecule has 23 heavy (non-hydrogen) atoms. The second-order valence-corrected chi connectivity index (χ2v) is 7.95. The molecule has 126 valence electrons. The molecule has 0 spiro atoms. The van der Waals surface area contributed by atoms with Gasteiger partial charge in [0.25, 0.3) is 0 Å². The van der Waals surface area contributed by atoms with Gasteiger partial charge >= 0.3 is 0 Å². The summed E-state index contributed by atoms with van der Waals surface area (Å²) in [5, 5.41) is 30.6. The second-order valence-electron chi connectivity index (χ2n) is 7.95. The normalized spacial score (nSPS) is 45.2. The highest BCUT2D eigenvalue weighted by atomic mass is 16.5. The van der Waals surface area contributed by atoms with Crippen LogP contribution in [0.4, 0.5) is 0 Å². The number of aliphatic hydroxyl groups is 2. The molecule has 0 saturated heterocycles. The molecular formula is C19H26O4. The van der Waals surface area contributed by atoms with Crippen molar-refractivity contribution in [2.45, 2.75) is 56.8 Å².